The summed E-state index contributed by atoms with van der Waals surface area (Å²) in [6.07, 6.45) is 0. The van der Waals surface area contributed by atoms with E-state index in [1.807, 2.05) is 25.7 Å². The molecular weight excluding hydrogens is 250 g/mol. The molecule has 4 nitrogen and oxygen atoms in total. The molecule has 0 aliphatic rings. The lowest BCUT2D eigenvalue weighted by atomic mass is 9.96. The fourth-order valence-corrected chi connectivity index (χ4v) is 1.81. The van der Waals surface area contributed by atoms with Gasteiger partial charge in [0.1, 0.15) is 16.8 Å². The number of anilines is 1. The van der Waals surface area contributed by atoms with Crippen LogP contribution in [0.4, 0.5) is 5.82 Å². The van der Waals surface area contributed by atoms with Crippen LogP contribution in [-0.2, 0) is 5.41 Å². The van der Waals surface area contributed by atoms with E-state index in [9.17, 15) is 0 Å². The quantitative estimate of drug-likeness (QED) is 0.856. The van der Waals surface area contributed by atoms with Gasteiger partial charge in [-0.2, -0.15) is 0 Å². The first-order valence-corrected chi connectivity index (χ1v) is 6.56. The molecule has 102 valence electrons. The fraction of sp³-hybridized carbons (Fsp3) is 0.692. The topological polar surface area (TPSA) is 49.2 Å². The number of halogens is 1. The molecule has 1 aromatic heterocycles. The van der Waals surface area contributed by atoms with E-state index in [1.165, 1.54) is 0 Å². The Hall–Kier alpha value is -0.870. The highest BCUT2D eigenvalue weighted by molar-refractivity contribution is 6.29. The second-order valence-corrected chi connectivity index (χ2v) is 6.02. The summed E-state index contributed by atoms with van der Waals surface area (Å²) in [5, 5.41) is 9.57. The molecule has 5 heteroatoms. The molecule has 0 unspecified atom stereocenters. The van der Waals surface area contributed by atoms with Crippen molar-refractivity contribution in [3.63, 3.8) is 0 Å². The predicted molar refractivity (Wildman–Crippen MR) is 75.3 cm³/mol. The molecule has 0 amide bonds. The van der Waals surface area contributed by atoms with Crippen molar-refractivity contribution in [2.24, 2.45) is 0 Å². The van der Waals surface area contributed by atoms with Gasteiger partial charge in [-0.15, -0.1) is 0 Å². The maximum atomic E-state index is 9.13. The SMILES string of the molecule is CC(C)N(CCO)c1cc(Cl)nc(C(C)(C)C)n1. The van der Waals surface area contributed by atoms with E-state index in [2.05, 4.69) is 23.8 Å². The molecule has 0 aromatic carbocycles. The average Bonchev–Trinajstić information content (AvgIpc) is 2.23. The second kappa shape index (κ2) is 5.85. The summed E-state index contributed by atoms with van der Waals surface area (Å²) in [5.41, 5.74) is -0.151. The standard InChI is InChI=1S/C13H22ClN3O/c1-9(2)17(6-7-18)11-8-10(14)15-12(16-11)13(3,4)5/h8-9,18H,6-7H2,1-5H3. The molecule has 0 atom stereocenters. The van der Waals surface area contributed by atoms with Gasteiger partial charge >= 0.3 is 0 Å². The zero-order chi connectivity index (χ0) is 13.9. The van der Waals surface area contributed by atoms with Gasteiger partial charge in [0.2, 0.25) is 0 Å². The molecule has 0 saturated heterocycles. The average molecular weight is 272 g/mol. The Bertz CT molecular complexity index is 402. The minimum absolute atomic E-state index is 0.0879. The molecule has 1 aromatic rings. The van der Waals surface area contributed by atoms with Gasteiger partial charge in [0.15, 0.2) is 0 Å². The van der Waals surface area contributed by atoms with Gasteiger partial charge in [-0.1, -0.05) is 32.4 Å². The van der Waals surface area contributed by atoms with Crippen LogP contribution in [0.1, 0.15) is 40.4 Å². The van der Waals surface area contributed by atoms with Crippen LogP contribution in [0.25, 0.3) is 0 Å². The minimum Gasteiger partial charge on any atom is -0.395 e. The molecule has 0 spiro atoms. The van der Waals surface area contributed by atoms with Gasteiger partial charge in [0, 0.05) is 24.1 Å². The molecule has 0 bridgehead atoms. The van der Waals surface area contributed by atoms with Gasteiger partial charge in [-0.3, -0.25) is 0 Å². The van der Waals surface area contributed by atoms with Crippen molar-refractivity contribution in [3.8, 4) is 0 Å². The third kappa shape index (κ3) is 3.82. The lowest BCUT2D eigenvalue weighted by Gasteiger charge is -2.28. The molecule has 1 heterocycles. The van der Waals surface area contributed by atoms with Crippen molar-refractivity contribution in [1.82, 2.24) is 9.97 Å². The normalized spacial score (nSPS) is 12.0. The predicted octanol–water partition coefficient (Wildman–Crippen LogP) is 2.63. The summed E-state index contributed by atoms with van der Waals surface area (Å²) in [5.74, 6) is 1.48. The van der Waals surface area contributed by atoms with Crippen LogP contribution in [0, 0.1) is 0 Å². The van der Waals surface area contributed by atoms with Crippen LogP contribution < -0.4 is 4.90 Å². The Morgan fingerprint density at radius 3 is 2.39 bits per heavy atom. The summed E-state index contributed by atoms with van der Waals surface area (Å²) in [6, 6.07) is 1.99. The maximum absolute atomic E-state index is 9.13. The number of aromatic nitrogens is 2. The Labute approximate surface area is 114 Å². The summed E-state index contributed by atoms with van der Waals surface area (Å²) >= 11 is 6.06. The Balaban J connectivity index is 3.19. The Kier molecular flexibility index (Phi) is 4.93. The van der Waals surface area contributed by atoms with E-state index in [0.717, 1.165) is 5.82 Å². The largest absolute Gasteiger partial charge is 0.395 e. The van der Waals surface area contributed by atoms with Crippen molar-refractivity contribution in [2.45, 2.75) is 46.1 Å². The molecule has 0 radical (unpaired) electrons. The van der Waals surface area contributed by atoms with Crippen LogP contribution in [0.2, 0.25) is 5.15 Å². The van der Waals surface area contributed by atoms with E-state index in [4.69, 9.17) is 16.7 Å². The Morgan fingerprint density at radius 1 is 1.33 bits per heavy atom. The molecule has 0 fully saturated rings. The van der Waals surface area contributed by atoms with Crippen molar-refractivity contribution >= 4 is 17.4 Å². The van der Waals surface area contributed by atoms with Crippen molar-refractivity contribution in [1.29, 1.82) is 0 Å². The minimum atomic E-state index is -0.151. The van der Waals surface area contributed by atoms with Crippen LogP contribution in [0.3, 0.4) is 0 Å². The summed E-state index contributed by atoms with van der Waals surface area (Å²) < 4.78 is 0. The van der Waals surface area contributed by atoms with Gasteiger partial charge in [0.25, 0.3) is 0 Å². The van der Waals surface area contributed by atoms with Crippen LogP contribution in [0.15, 0.2) is 6.07 Å². The van der Waals surface area contributed by atoms with Gasteiger partial charge in [-0.25, -0.2) is 9.97 Å². The van der Waals surface area contributed by atoms with E-state index in [0.29, 0.717) is 17.5 Å². The highest BCUT2D eigenvalue weighted by Gasteiger charge is 2.21. The zero-order valence-electron chi connectivity index (χ0n) is 11.7. The number of hydrogen-bond acceptors (Lipinski definition) is 4. The number of hydrogen-bond donors (Lipinski definition) is 1. The number of aliphatic hydroxyl groups is 1. The molecule has 0 saturated carbocycles. The number of nitrogens with zero attached hydrogens (tertiary/aromatic N) is 3. The lowest BCUT2D eigenvalue weighted by molar-refractivity contribution is 0.298. The van der Waals surface area contributed by atoms with Crippen molar-refractivity contribution in [3.05, 3.63) is 17.0 Å². The third-order valence-corrected chi connectivity index (χ3v) is 2.80. The first-order valence-electron chi connectivity index (χ1n) is 6.18. The second-order valence-electron chi connectivity index (χ2n) is 5.63. The molecule has 1 rings (SSSR count). The zero-order valence-corrected chi connectivity index (χ0v) is 12.5. The maximum Gasteiger partial charge on any atom is 0.137 e. The first-order chi connectivity index (χ1) is 8.25. The van der Waals surface area contributed by atoms with Crippen molar-refractivity contribution < 1.29 is 5.11 Å². The van der Waals surface area contributed by atoms with E-state index < -0.39 is 0 Å². The summed E-state index contributed by atoms with van der Waals surface area (Å²) in [4.78, 5) is 10.9. The molecule has 1 N–H and O–H groups in total. The van der Waals surface area contributed by atoms with E-state index in [1.54, 1.807) is 6.07 Å². The highest BCUT2D eigenvalue weighted by Crippen LogP contribution is 2.24. The van der Waals surface area contributed by atoms with Gasteiger partial charge < -0.3 is 10.0 Å². The van der Waals surface area contributed by atoms with Gasteiger partial charge in [0.05, 0.1) is 6.61 Å². The number of rotatable bonds is 4. The molecule has 0 aliphatic heterocycles. The van der Waals surface area contributed by atoms with E-state index in [-0.39, 0.29) is 18.1 Å². The smallest absolute Gasteiger partial charge is 0.137 e. The summed E-state index contributed by atoms with van der Waals surface area (Å²) in [7, 11) is 0. The van der Waals surface area contributed by atoms with Crippen molar-refractivity contribution in [2.75, 3.05) is 18.1 Å². The lowest BCUT2D eigenvalue weighted by Crippen LogP contribution is -2.34. The number of aliphatic hydroxyl groups excluding tert-OH is 1. The Morgan fingerprint density at radius 2 is 1.94 bits per heavy atom. The molecule has 0 aliphatic carbocycles. The first kappa shape index (κ1) is 15.2. The van der Waals surface area contributed by atoms with Gasteiger partial charge in [-0.05, 0) is 13.8 Å². The fourth-order valence-electron chi connectivity index (χ4n) is 1.63. The molecular formula is C13H22ClN3O. The van der Waals surface area contributed by atoms with Crippen LogP contribution >= 0.6 is 11.6 Å². The summed E-state index contributed by atoms with van der Waals surface area (Å²) in [6.45, 7) is 10.9. The van der Waals surface area contributed by atoms with Crippen LogP contribution in [-0.4, -0.2) is 34.3 Å². The highest BCUT2D eigenvalue weighted by atomic mass is 35.5. The third-order valence-electron chi connectivity index (χ3n) is 2.61. The van der Waals surface area contributed by atoms with Crippen LogP contribution in [0.5, 0.6) is 0 Å². The monoisotopic (exact) mass is 271 g/mol. The van der Waals surface area contributed by atoms with E-state index >= 15 is 0 Å². The molecule has 18 heavy (non-hydrogen) atoms.